The van der Waals surface area contributed by atoms with Gasteiger partial charge in [-0.3, -0.25) is 4.79 Å². The van der Waals surface area contributed by atoms with Crippen molar-refractivity contribution in [2.24, 2.45) is 0 Å². The minimum Gasteiger partial charge on any atom is -0.383 e. The van der Waals surface area contributed by atoms with E-state index >= 15 is 0 Å². The highest BCUT2D eigenvalue weighted by Gasteiger charge is 2.28. The van der Waals surface area contributed by atoms with E-state index in [0.717, 1.165) is 29.6 Å². The van der Waals surface area contributed by atoms with Crippen LogP contribution in [0.1, 0.15) is 61.6 Å². The third kappa shape index (κ3) is 3.22. The fraction of sp³-hybridized carbons (Fsp3) is 0.588. The second-order valence-corrected chi connectivity index (χ2v) is 6.62. The van der Waals surface area contributed by atoms with E-state index in [0.29, 0.717) is 18.1 Å². The molecular formula is C17H24N4O2. The zero-order valence-electron chi connectivity index (χ0n) is 14.2. The van der Waals surface area contributed by atoms with Gasteiger partial charge in [-0.2, -0.15) is 5.10 Å². The summed E-state index contributed by atoms with van der Waals surface area (Å²) in [5.74, 6) is 0.394. The Hall–Kier alpha value is -1.95. The van der Waals surface area contributed by atoms with Crippen LogP contribution in [0.2, 0.25) is 0 Å². The molecule has 0 aromatic carbocycles. The van der Waals surface area contributed by atoms with Gasteiger partial charge in [-0.15, -0.1) is 0 Å². The van der Waals surface area contributed by atoms with Gasteiger partial charge in [-0.1, -0.05) is 0 Å². The van der Waals surface area contributed by atoms with Gasteiger partial charge in [0, 0.05) is 30.8 Å². The van der Waals surface area contributed by atoms with Crippen LogP contribution in [0.4, 0.5) is 0 Å². The smallest absolute Gasteiger partial charge is 0.252 e. The molecule has 0 bridgehead atoms. The van der Waals surface area contributed by atoms with Crippen molar-refractivity contribution in [1.82, 2.24) is 20.1 Å². The number of rotatable bonds is 6. The highest BCUT2D eigenvalue weighted by molar-refractivity contribution is 6.05. The second kappa shape index (κ2) is 6.28. The maximum atomic E-state index is 12.7. The number of amides is 1. The van der Waals surface area contributed by atoms with Gasteiger partial charge in [0.2, 0.25) is 0 Å². The van der Waals surface area contributed by atoms with Crippen LogP contribution in [0.25, 0.3) is 11.0 Å². The van der Waals surface area contributed by atoms with E-state index in [1.54, 1.807) is 13.3 Å². The molecule has 0 radical (unpaired) electrons. The van der Waals surface area contributed by atoms with Gasteiger partial charge in [0.15, 0.2) is 5.65 Å². The Balaban J connectivity index is 2.02. The number of aromatic nitrogens is 3. The summed E-state index contributed by atoms with van der Waals surface area (Å²) in [6, 6.07) is 2.10. The van der Waals surface area contributed by atoms with Gasteiger partial charge in [0.05, 0.1) is 23.8 Å². The van der Waals surface area contributed by atoms with Crippen molar-refractivity contribution in [1.29, 1.82) is 0 Å². The average Bonchev–Trinajstić information content (AvgIpc) is 3.25. The predicted octanol–water partition coefficient (Wildman–Crippen LogP) is 2.65. The number of fused-ring (bicyclic) bond motifs is 1. The molecule has 124 valence electrons. The number of hydrogen-bond donors (Lipinski definition) is 1. The molecule has 1 aliphatic rings. The number of pyridine rings is 1. The number of carbonyl (C=O) groups is 1. The number of nitrogens with one attached hydrogen (secondary N) is 1. The standard InChI is InChI=1S/C17H24N4O2/c1-10(2)21-16-14(8-18-21)13(7-15(20-16)12-5-6-12)17(22)19-11(3)9-23-4/h7-8,10-12H,5-6,9H2,1-4H3,(H,19,22). The van der Waals surface area contributed by atoms with E-state index in [9.17, 15) is 4.79 Å². The van der Waals surface area contributed by atoms with Gasteiger partial charge in [-0.05, 0) is 39.7 Å². The van der Waals surface area contributed by atoms with Gasteiger partial charge >= 0.3 is 0 Å². The van der Waals surface area contributed by atoms with Crippen molar-refractivity contribution < 1.29 is 9.53 Å². The molecule has 2 aromatic rings. The molecule has 0 aliphatic heterocycles. The first-order valence-corrected chi connectivity index (χ1v) is 8.19. The molecule has 0 saturated heterocycles. The molecule has 2 heterocycles. The number of methoxy groups -OCH3 is 1. The summed E-state index contributed by atoms with van der Waals surface area (Å²) >= 11 is 0. The third-order valence-electron chi connectivity index (χ3n) is 4.11. The lowest BCUT2D eigenvalue weighted by Gasteiger charge is -2.14. The Morgan fingerprint density at radius 1 is 1.43 bits per heavy atom. The quantitative estimate of drug-likeness (QED) is 0.889. The molecule has 2 aromatic heterocycles. The summed E-state index contributed by atoms with van der Waals surface area (Å²) in [7, 11) is 1.63. The Kier molecular flexibility index (Phi) is 4.35. The van der Waals surface area contributed by atoms with E-state index in [2.05, 4.69) is 24.3 Å². The van der Waals surface area contributed by atoms with E-state index in [1.165, 1.54) is 0 Å². The third-order valence-corrected chi connectivity index (χ3v) is 4.11. The second-order valence-electron chi connectivity index (χ2n) is 6.62. The van der Waals surface area contributed by atoms with Gasteiger partial charge in [0.25, 0.3) is 5.91 Å². The van der Waals surface area contributed by atoms with Crippen LogP contribution in [0.5, 0.6) is 0 Å². The number of nitrogens with zero attached hydrogens (tertiary/aromatic N) is 3. The fourth-order valence-electron chi connectivity index (χ4n) is 2.78. The van der Waals surface area contributed by atoms with Crippen LogP contribution < -0.4 is 5.32 Å². The lowest BCUT2D eigenvalue weighted by atomic mass is 10.1. The molecule has 23 heavy (non-hydrogen) atoms. The predicted molar refractivity (Wildman–Crippen MR) is 88.7 cm³/mol. The largest absolute Gasteiger partial charge is 0.383 e. The normalized spacial score (nSPS) is 16.0. The zero-order chi connectivity index (χ0) is 16.6. The summed E-state index contributed by atoms with van der Waals surface area (Å²) in [6.07, 6.45) is 4.04. The first kappa shape index (κ1) is 15.9. The summed E-state index contributed by atoms with van der Waals surface area (Å²) in [5.41, 5.74) is 2.46. The monoisotopic (exact) mass is 316 g/mol. The van der Waals surface area contributed by atoms with E-state index in [-0.39, 0.29) is 18.0 Å². The highest BCUT2D eigenvalue weighted by Crippen LogP contribution is 2.40. The molecule has 1 aliphatic carbocycles. The van der Waals surface area contributed by atoms with Crippen molar-refractivity contribution in [3.05, 3.63) is 23.5 Å². The highest BCUT2D eigenvalue weighted by atomic mass is 16.5. The first-order chi connectivity index (χ1) is 11.0. The summed E-state index contributed by atoms with van der Waals surface area (Å²) in [5, 5.41) is 8.22. The van der Waals surface area contributed by atoms with Gasteiger partial charge in [-0.25, -0.2) is 9.67 Å². The number of ether oxygens (including phenoxy) is 1. The molecule has 6 heteroatoms. The Labute approximate surface area is 136 Å². The van der Waals surface area contributed by atoms with E-state index < -0.39 is 0 Å². The van der Waals surface area contributed by atoms with Crippen molar-refractivity contribution >= 4 is 16.9 Å². The molecular weight excluding hydrogens is 292 g/mol. The fourth-order valence-corrected chi connectivity index (χ4v) is 2.78. The Morgan fingerprint density at radius 3 is 2.78 bits per heavy atom. The Morgan fingerprint density at radius 2 is 2.17 bits per heavy atom. The molecule has 1 amide bonds. The van der Waals surface area contributed by atoms with Crippen LogP contribution >= 0.6 is 0 Å². The molecule has 1 fully saturated rings. The molecule has 6 nitrogen and oxygen atoms in total. The van der Waals surface area contributed by atoms with Gasteiger partial charge < -0.3 is 10.1 Å². The maximum Gasteiger partial charge on any atom is 0.252 e. The summed E-state index contributed by atoms with van der Waals surface area (Å²) < 4.78 is 6.98. The zero-order valence-corrected chi connectivity index (χ0v) is 14.2. The van der Waals surface area contributed by atoms with Crippen LogP contribution in [0, 0.1) is 0 Å². The number of hydrogen-bond acceptors (Lipinski definition) is 4. The van der Waals surface area contributed by atoms with Crippen molar-refractivity contribution in [3.63, 3.8) is 0 Å². The van der Waals surface area contributed by atoms with Gasteiger partial charge in [0.1, 0.15) is 0 Å². The first-order valence-electron chi connectivity index (χ1n) is 8.19. The van der Waals surface area contributed by atoms with Crippen LogP contribution in [0.15, 0.2) is 12.3 Å². The van der Waals surface area contributed by atoms with Crippen LogP contribution in [-0.2, 0) is 4.74 Å². The molecule has 3 rings (SSSR count). The van der Waals surface area contributed by atoms with Crippen LogP contribution in [-0.4, -0.2) is 40.4 Å². The maximum absolute atomic E-state index is 12.7. The van der Waals surface area contributed by atoms with Crippen molar-refractivity contribution in [3.8, 4) is 0 Å². The topological polar surface area (TPSA) is 69.0 Å². The summed E-state index contributed by atoms with van der Waals surface area (Å²) in [4.78, 5) is 17.5. The molecule has 1 unspecified atom stereocenters. The lowest BCUT2D eigenvalue weighted by Crippen LogP contribution is -2.35. The van der Waals surface area contributed by atoms with Crippen molar-refractivity contribution in [2.75, 3.05) is 13.7 Å². The average molecular weight is 316 g/mol. The minimum absolute atomic E-state index is 0.0415. The Bertz CT molecular complexity index is 719. The van der Waals surface area contributed by atoms with Crippen molar-refractivity contribution in [2.45, 2.75) is 51.6 Å². The molecule has 1 atom stereocenters. The number of carbonyl (C=O) groups excluding carboxylic acids is 1. The van der Waals surface area contributed by atoms with Crippen LogP contribution in [0.3, 0.4) is 0 Å². The minimum atomic E-state index is -0.0906. The lowest BCUT2D eigenvalue weighted by molar-refractivity contribution is 0.0907. The van der Waals surface area contributed by atoms with E-state index in [1.807, 2.05) is 17.7 Å². The summed E-state index contributed by atoms with van der Waals surface area (Å²) in [6.45, 7) is 6.55. The molecule has 1 N–H and O–H groups in total. The molecule has 0 spiro atoms. The van der Waals surface area contributed by atoms with E-state index in [4.69, 9.17) is 9.72 Å². The SMILES string of the molecule is COCC(C)NC(=O)c1cc(C2CC2)nc2c1cnn2C(C)C. The molecule has 1 saturated carbocycles.